The van der Waals surface area contributed by atoms with E-state index in [1.807, 2.05) is 24.0 Å². The Bertz CT molecular complexity index is 1350. The third-order valence-corrected chi connectivity index (χ3v) is 6.78. The minimum absolute atomic E-state index is 0.0797. The third-order valence-electron chi connectivity index (χ3n) is 6.54. The lowest BCUT2D eigenvalue weighted by Gasteiger charge is -2.29. The summed E-state index contributed by atoms with van der Waals surface area (Å²) in [6, 6.07) is 6.60. The molecule has 0 bridgehead atoms. The number of hydrogen-bond donors (Lipinski definition) is 3. The van der Waals surface area contributed by atoms with E-state index in [1.54, 1.807) is 29.2 Å². The lowest BCUT2D eigenvalue weighted by molar-refractivity contribution is 0.0783. The molecule has 1 atom stereocenters. The molecule has 0 aliphatic heterocycles. The fourth-order valence-electron chi connectivity index (χ4n) is 4.68. The first-order valence-corrected chi connectivity index (χ1v) is 12.3. The van der Waals surface area contributed by atoms with Gasteiger partial charge in [-0.25, -0.2) is 9.37 Å². The minimum atomic E-state index is -0.884. The van der Waals surface area contributed by atoms with E-state index in [1.165, 1.54) is 6.07 Å². The topological polar surface area (TPSA) is 110 Å². The van der Waals surface area contributed by atoms with Crippen LogP contribution in [0.5, 0.6) is 5.75 Å². The molecule has 0 saturated heterocycles. The van der Waals surface area contributed by atoms with Gasteiger partial charge in [-0.2, -0.15) is 10.2 Å². The number of pyridine rings is 1. The maximum atomic E-state index is 14.2. The fraction of sp³-hybridized carbons (Fsp3) is 0.400. The molecule has 0 unspecified atom stereocenters. The molecule has 1 aromatic carbocycles. The van der Waals surface area contributed by atoms with Crippen LogP contribution in [0.2, 0.25) is 5.02 Å². The molecule has 9 nitrogen and oxygen atoms in total. The first kappa shape index (κ1) is 24.5. The van der Waals surface area contributed by atoms with Gasteiger partial charge in [0.25, 0.3) is 0 Å². The Morgan fingerprint density at radius 2 is 2.03 bits per heavy atom. The summed E-state index contributed by atoms with van der Waals surface area (Å²) in [5, 5.41) is 32.5. The molecule has 1 saturated carbocycles. The van der Waals surface area contributed by atoms with Gasteiger partial charge in [0.15, 0.2) is 11.6 Å². The summed E-state index contributed by atoms with van der Waals surface area (Å²) in [5.41, 5.74) is 2.52. The highest BCUT2D eigenvalue weighted by Gasteiger charge is 2.27. The van der Waals surface area contributed by atoms with E-state index in [4.69, 9.17) is 26.5 Å². The summed E-state index contributed by atoms with van der Waals surface area (Å²) in [6.07, 6.45) is 7.54. The molecule has 5 rings (SSSR count). The molecule has 1 fully saturated rings. The highest BCUT2D eigenvalue weighted by atomic mass is 35.5. The Hall–Kier alpha value is -3.21. The average molecular weight is 515 g/mol. The molecule has 3 aromatic heterocycles. The zero-order chi connectivity index (χ0) is 25.2. The van der Waals surface area contributed by atoms with Crippen molar-refractivity contribution in [2.45, 2.75) is 50.5 Å². The second-order valence-electron chi connectivity index (χ2n) is 9.04. The Kier molecular flexibility index (Phi) is 7.08. The second kappa shape index (κ2) is 10.4. The second-order valence-corrected chi connectivity index (χ2v) is 9.48. The molecule has 0 spiro atoms. The molecule has 4 aromatic rings. The summed E-state index contributed by atoms with van der Waals surface area (Å²) in [7, 11) is 1.82. The van der Waals surface area contributed by atoms with Crippen LogP contribution in [0.1, 0.15) is 31.7 Å². The van der Waals surface area contributed by atoms with Crippen LogP contribution in [-0.2, 0) is 6.54 Å². The van der Waals surface area contributed by atoms with E-state index >= 15 is 0 Å². The van der Waals surface area contributed by atoms with Crippen LogP contribution in [0, 0.1) is 5.82 Å². The number of rotatable bonds is 8. The SMILES string of the molecule is CNc1cc2c(cn1)c(-c1cnn(C[C@@H](O)CO)c1)nn2C1CCC(Oc2ccc(Cl)cc2F)CC1. The van der Waals surface area contributed by atoms with E-state index in [0.717, 1.165) is 53.7 Å². The minimum Gasteiger partial charge on any atom is -0.487 e. The smallest absolute Gasteiger partial charge is 0.166 e. The van der Waals surface area contributed by atoms with Crippen molar-refractivity contribution in [1.29, 1.82) is 0 Å². The zero-order valence-electron chi connectivity index (χ0n) is 19.8. The van der Waals surface area contributed by atoms with Gasteiger partial charge in [0.05, 0.1) is 43.1 Å². The molecular weight excluding hydrogens is 487 g/mol. The van der Waals surface area contributed by atoms with E-state index in [0.29, 0.717) is 5.02 Å². The summed E-state index contributed by atoms with van der Waals surface area (Å²) >= 11 is 5.85. The largest absolute Gasteiger partial charge is 0.487 e. The number of aliphatic hydroxyl groups excluding tert-OH is 2. The molecule has 3 N–H and O–H groups in total. The van der Waals surface area contributed by atoms with Crippen LogP contribution in [0.25, 0.3) is 22.2 Å². The number of hydrogen-bond acceptors (Lipinski definition) is 7. The van der Waals surface area contributed by atoms with Gasteiger partial charge in [-0.05, 0) is 43.9 Å². The lowest BCUT2D eigenvalue weighted by atomic mass is 9.93. The van der Waals surface area contributed by atoms with Gasteiger partial charge >= 0.3 is 0 Å². The van der Waals surface area contributed by atoms with Gasteiger partial charge in [-0.3, -0.25) is 9.36 Å². The number of halogens is 2. The monoisotopic (exact) mass is 514 g/mol. The standard InChI is InChI=1S/C25H28ClFN6O3/c1-28-24-9-22-20(11-29-24)25(15-10-30-32(12-15)13-18(35)14-34)31-33(22)17-3-5-19(6-4-17)36-23-7-2-16(26)8-21(23)27/h2,7-12,17-19,34-35H,3-6,13-14H2,1H3,(H,28,29)/t17?,18-,19?/m1/s1. The molecule has 1 aliphatic rings. The first-order valence-electron chi connectivity index (χ1n) is 11.9. The van der Waals surface area contributed by atoms with Crippen LogP contribution in [-0.4, -0.2) is 60.6 Å². The third kappa shape index (κ3) is 5.02. The molecule has 11 heteroatoms. The number of nitrogens with zero attached hydrogens (tertiary/aromatic N) is 5. The van der Waals surface area contributed by atoms with Crippen LogP contribution in [0.15, 0.2) is 42.9 Å². The first-order chi connectivity index (χ1) is 17.4. The van der Waals surface area contributed by atoms with Crippen molar-refractivity contribution < 1.29 is 19.3 Å². The van der Waals surface area contributed by atoms with Crippen molar-refractivity contribution >= 4 is 28.3 Å². The van der Waals surface area contributed by atoms with Gasteiger partial charge in [0.1, 0.15) is 11.5 Å². The Labute approximate surface area is 212 Å². The highest BCUT2D eigenvalue weighted by Crippen LogP contribution is 2.37. The number of ether oxygens (including phenoxy) is 1. The zero-order valence-corrected chi connectivity index (χ0v) is 20.6. The summed E-state index contributed by atoms with van der Waals surface area (Å²) in [5.74, 6) is 0.515. The normalized spacial score (nSPS) is 18.9. The number of benzene rings is 1. The van der Waals surface area contributed by atoms with Crippen molar-refractivity contribution in [3.05, 3.63) is 53.7 Å². The number of fused-ring (bicyclic) bond motifs is 1. The van der Waals surface area contributed by atoms with E-state index in [9.17, 15) is 9.50 Å². The molecule has 36 heavy (non-hydrogen) atoms. The molecular formula is C25H28ClFN6O3. The summed E-state index contributed by atoms with van der Waals surface area (Å²) in [4.78, 5) is 4.48. The number of aromatic nitrogens is 5. The van der Waals surface area contributed by atoms with Crippen molar-refractivity contribution in [3.8, 4) is 17.0 Å². The maximum Gasteiger partial charge on any atom is 0.166 e. The molecule has 0 radical (unpaired) electrons. The van der Waals surface area contributed by atoms with Crippen molar-refractivity contribution in [3.63, 3.8) is 0 Å². The quantitative estimate of drug-likeness (QED) is 0.325. The van der Waals surface area contributed by atoms with Crippen molar-refractivity contribution in [1.82, 2.24) is 24.5 Å². The molecule has 3 heterocycles. The number of anilines is 1. The Morgan fingerprint density at radius 3 is 2.75 bits per heavy atom. The van der Waals surface area contributed by atoms with Crippen LogP contribution < -0.4 is 10.1 Å². The molecule has 190 valence electrons. The fourth-order valence-corrected chi connectivity index (χ4v) is 4.84. The summed E-state index contributed by atoms with van der Waals surface area (Å²) in [6.45, 7) is -0.143. The Morgan fingerprint density at radius 1 is 1.22 bits per heavy atom. The number of aliphatic hydroxyl groups is 2. The van der Waals surface area contributed by atoms with Gasteiger partial charge in [-0.15, -0.1) is 0 Å². The summed E-state index contributed by atoms with van der Waals surface area (Å²) < 4.78 is 23.8. The van der Waals surface area contributed by atoms with Crippen LogP contribution in [0.4, 0.5) is 10.2 Å². The van der Waals surface area contributed by atoms with Crippen LogP contribution >= 0.6 is 11.6 Å². The predicted octanol–water partition coefficient (Wildman–Crippen LogP) is 4.04. The maximum absolute atomic E-state index is 14.2. The van der Waals surface area contributed by atoms with E-state index in [2.05, 4.69) is 15.4 Å². The number of nitrogens with one attached hydrogen (secondary N) is 1. The van der Waals surface area contributed by atoms with Gasteiger partial charge in [-0.1, -0.05) is 11.6 Å². The molecule has 1 aliphatic carbocycles. The Balaban J connectivity index is 1.38. The predicted molar refractivity (Wildman–Crippen MR) is 135 cm³/mol. The van der Waals surface area contributed by atoms with E-state index < -0.39 is 11.9 Å². The lowest BCUT2D eigenvalue weighted by Crippen LogP contribution is -2.26. The van der Waals surface area contributed by atoms with Gasteiger partial charge in [0, 0.05) is 41.5 Å². The molecule has 0 amide bonds. The van der Waals surface area contributed by atoms with Gasteiger partial charge in [0.2, 0.25) is 0 Å². The van der Waals surface area contributed by atoms with Crippen molar-refractivity contribution in [2.24, 2.45) is 0 Å². The van der Waals surface area contributed by atoms with Crippen molar-refractivity contribution in [2.75, 3.05) is 19.0 Å². The van der Waals surface area contributed by atoms with E-state index in [-0.39, 0.29) is 31.0 Å². The van der Waals surface area contributed by atoms with Crippen LogP contribution in [0.3, 0.4) is 0 Å². The average Bonchev–Trinajstić information content (AvgIpc) is 3.50. The highest BCUT2D eigenvalue weighted by molar-refractivity contribution is 6.30. The van der Waals surface area contributed by atoms with Gasteiger partial charge < -0.3 is 20.3 Å².